The zero-order valence-corrected chi connectivity index (χ0v) is 8.74. The molecule has 0 radical (unpaired) electrons. The highest BCUT2D eigenvalue weighted by atomic mass is 19.2. The fourth-order valence-electron chi connectivity index (χ4n) is 1.52. The highest BCUT2D eigenvalue weighted by Crippen LogP contribution is 2.14. The van der Waals surface area contributed by atoms with Gasteiger partial charge in [-0.15, -0.1) is 0 Å². The van der Waals surface area contributed by atoms with E-state index in [4.69, 9.17) is 5.73 Å². The summed E-state index contributed by atoms with van der Waals surface area (Å²) in [6.45, 7) is 1.91. The molecule has 2 aromatic rings. The van der Waals surface area contributed by atoms with Gasteiger partial charge in [0.05, 0.1) is 12.2 Å². The summed E-state index contributed by atoms with van der Waals surface area (Å²) in [6, 6.07) is 5.73. The SMILES string of the molecule is Cc1cc(N)n(Cc2cccc(F)c2F)n1. The van der Waals surface area contributed by atoms with Crippen LogP contribution in [0.1, 0.15) is 11.3 Å². The number of aryl methyl sites for hydroxylation is 1. The molecule has 0 saturated carbocycles. The average Bonchev–Trinajstić information content (AvgIpc) is 2.53. The van der Waals surface area contributed by atoms with Gasteiger partial charge in [-0.3, -0.25) is 0 Å². The van der Waals surface area contributed by atoms with E-state index >= 15 is 0 Å². The summed E-state index contributed by atoms with van der Waals surface area (Å²) >= 11 is 0. The first-order valence-corrected chi connectivity index (χ1v) is 4.81. The molecule has 0 aliphatic carbocycles. The third-order valence-corrected chi connectivity index (χ3v) is 2.28. The smallest absolute Gasteiger partial charge is 0.163 e. The van der Waals surface area contributed by atoms with E-state index in [9.17, 15) is 8.78 Å². The molecule has 1 heterocycles. The topological polar surface area (TPSA) is 43.8 Å². The zero-order valence-electron chi connectivity index (χ0n) is 8.74. The number of hydrogen-bond acceptors (Lipinski definition) is 2. The van der Waals surface area contributed by atoms with Crippen molar-refractivity contribution in [2.75, 3.05) is 5.73 Å². The maximum atomic E-state index is 13.4. The van der Waals surface area contributed by atoms with E-state index in [1.807, 2.05) is 0 Å². The van der Waals surface area contributed by atoms with Crippen molar-refractivity contribution in [2.24, 2.45) is 0 Å². The summed E-state index contributed by atoms with van der Waals surface area (Å²) in [5, 5.41) is 4.08. The Morgan fingerprint density at radius 3 is 2.75 bits per heavy atom. The highest BCUT2D eigenvalue weighted by Gasteiger charge is 2.10. The van der Waals surface area contributed by atoms with Crippen LogP contribution >= 0.6 is 0 Å². The third-order valence-electron chi connectivity index (χ3n) is 2.28. The minimum Gasteiger partial charge on any atom is -0.384 e. The summed E-state index contributed by atoms with van der Waals surface area (Å²) in [7, 11) is 0. The van der Waals surface area contributed by atoms with Crippen LogP contribution in [0.15, 0.2) is 24.3 Å². The number of anilines is 1. The molecule has 0 bridgehead atoms. The van der Waals surface area contributed by atoms with Gasteiger partial charge in [-0.05, 0) is 13.0 Å². The molecule has 0 amide bonds. The van der Waals surface area contributed by atoms with Crippen LogP contribution in [0.4, 0.5) is 14.6 Å². The van der Waals surface area contributed by atoms with Gasteiger partial charge in [0.25, 0.3) is 0 Å². The van der Waals surface area contributed by atoms with Crippen molar-refractivity contribution in [1.29, 1.82) is 0 Å². The van der Waals surface area contributed by atoms with E-state index in [0.29, 0.717) is 5.82 Å². The molecular weight excluding hydrogens is 212 g/mol. The first-order valence-electron chi connectivity index (χ1n) is 4.81. The van der Waals surface area contributed by atoms with Gasteiger partial charge in [-0.2, -0.15) is 5.10 Å². The van der Waals surface area contributed by atoms with Gasteiger partial charge in [0.2, 0.25) is 0 Å². The molecule has 1 aromatic heterocycles. The van der Waals surface area contributed by atoms with Crippen LogP contribution < -0.4 is 5.73 Å². The lowest BCUT2D eigenvalue weighted by atomic mass is 10.2. The predicted molar refractivity (Wildman–Crippen MR) is 56.8 cm³/mol. The molecule has 0 saturated heterocycles. The summed E-state index contributed by atoms with van der Waals surface area (Å²) < 4.78 is 27.8. The minimum absolute atomic E-state index is 0.128. The molecule has 0 aliphatic heterocycles. The largest absolute Gasteiger partial charge is 0.384 e. The van der Waals surface area contributed by atoms with Crippen LogP contribution in [0.25, 0.3) is 0 Å². The number of rotatable bonds is 2. The van der Waals surface area contributed by atoms with E-state index in [1.54, 1.807) is 13.0 Å². The molecule has 16 heavy (non-hydrogen) atoms. The molecule has 84 valence electrons. The number of benzene rings is 1. The molecule has 0 aliphatic rings. The van der Waals surface area contributed by atoms with E-state index in [0.717, 1.165) is 11.8 Å². The summed E-state index contributed by atoms with van der Waals surface area (Å²) in [4.78, 5) is 0. The van der Waals surface area contributed by atoms with E-state index in [-0.39, 0.29) is 12.1 Å². The maximum absolute atomic E-state index is 13.4. The fraction of sp³-hybridized carbons (Fsp3) is 0.182. The molecule has 0 unspecified atom stereocenters. The Balaban J connectivity index is 2.34. The number of hydrogen-bond donors (Lipinski definition) is 1. The molecule has 2 N–H and O–H groups in total. The Morgan fingerprint density at radius 2 is 2.12 bits per heavy atom. The monoisotopic (exact) mass is 223 g/mol. The van der Waals surface area contributed by atoms with Crippen LogP contribution in [-0.2, 0) is 6.54 Å². The van der Waals surface area contributed by atoms with Crippen molar-refractivity contribution >= 4 is 5.82 Å². The lowest BCUT2D eigenvalue weighted by molar-refractivity contribution is 0.492. The molecule has 0 atom stereocenters. The minimum atomic E-state index is -0.861. The van der Waals surface area contributed by atoms with Gasteiger partial charge >= 0.3 is 0 Å². The lowest BCUT2D eigenvalue weighted by Gasteiger charge is -2.05. The predicted octanol–water partition coefficient (Wildman–Crippen LogP) is 2.10. The van der Waals surface area contributed by atoms with Crippen LogP contribution in [-0.4, -0.2) is 9.78 Å². The first-order chi connectivity index (χ1) is 7.58. The second-order valence-corrected chi connectivity index (χ2v) is 3.58. The Kier molecular flexibility index (Phi) is 2.60. The van der Waals surface area contributed by atoms with Gasteiger partial charge in [0.15, 0.2) is 11.6 Å². The highest BCUT2D eigenvalue weighted by molar-refractivity contribution is 5.31. The van der Waals surface area contributed by atoms with Gasteiger partial charge in [-0.25, -0.2) is 13.5 Å². The van der Waals surface area contributed by atoms with Gasteiger partial charge in [0.1, 0.15) is 5.82 Å². The van der Waals surface area contributed by atoms with Crippen molar-refractivity contribution in [3.63, 3.8) is 0 Å². The van der Waals surface area contributed by atoms with Crippen molar-refractivity contribution in [3.8, 4) is 0 Å². The summed E-state index contributed by atoms with van der Waals surface area (Å²) in [6.07, 6.45) is 0. The second-order valence-electron chi connectivity index (χ2n) is 3.58. The average molecular weight is 223 g/mol. The number of aromatic nitrogens is 2. The third kappa shape index (κ3) is 1.88. The Bertz CT molecular complexity index is 520. The molecule has 1 aromatic carbocycles. The maximum Gasteiger partial charge on any atom is 0.163 e. The van der Waals surface area contributed by atoms with E-state index in [2.05, 4.69) is 5.10 Å². The van der Waals surface area contributed by atoms with Gasteiger partial charge in [-0.1, -0.05) is 12.1 Å². The first kappa shape index (κ1) is 10.6. The Morgan fingerprint density at radius 1 is 1.38 bits per heavy atom. The van der Waals surface area contributed by atoms with Crippen molar-refractivity contribution in [2.45, 2.75) is 13.5 Å². The molecule has 2 rings (SSSR count). The summed E-state index contributed by atoms with van der Waals surface area (Å²) in [5.41, 5.74) is 6.64. The quantitative estimate of drug-likeness (QED) is 0.847. The standard InChI is InChI=1S/C11H11F2N3/c1-7-5-10(14)16(15-7)6-8-3-2-4-9(12)11(8)13/h2-5H,6,14H2,1H3. The van der Waals surface area contributed by atoms with E-state index < -0.39 is 11.6 Å². The zero-order chi connectivity index (χ0) is 11.7. The molecule has 0 fully saturated rings. The van der Waals surface area contributed by atoms with Crippen LogP contribution in [0, 0.1) is 18.6 Å². The molecular formula is C11H11F2N3. The molecule has 5 heteroatoms. The number of nitrogens with two attached hydrogens (primary N) is 1. The van der Waals surface area contributed by atoms with Gasteiger partial charge in [0, 0.05) is 11.6 Å². The Hall–Kier alpha value is -1.91. The van der Waals surface area contributed by atoms with Crippen molar-refractivity contribution < 1.29 is 8.78 Å². The number of nitrogens with zero attached hydrogens (tertiary/aromatic N) is 2. The molecule has 3 nitrogen and oxygen atoms in total. The lowest BCUT2D eigenvalue weighted by Crippen LogP contribution is -2.08. The number of nitrogen functional groups attached to an aromatic ring is 1. The summed E-state index contributed by atoms with van der Waals surface area (Å²) in [5.74, 6) is -1.28. The normalized spacial score (nSPS) is 10.7. The van der Waals surface area contributed by atoms with Crippen LogP contribution in [0.3, 0.4) is 0 Å². The van der Waals surface area contributed by atoms with Crippen molar-refractivity contribution in [3.05, 3.63) is 47.2 Å². The Labute approximate surface area is 91.5 Å². The van der Waals surface area contributed by atoms with Gasteiger partial charge < -0.3 is 5.73 Å². The van der Waals surface area contributed by atoms with Crippen LogP contribution in [0.2, 0.25) is 0 Å². The van der Waals surface area contributed by atoms with E-state index in [1.165, 1.54) is 16.8 Å². The fourth-order valence-corrected chi connectivity index (χ4v) is 1.52. The molecule has 0 spiro atoms. The number of halogens is 2. The second kappa shape index (κ2) is 3.92. The van der Waals surface area contributed by atoms with Crippen molar-refractivity contribution in [1.82, 2.24) is 9.78 Å². The van der Waals surface area contributed by atoms with Crippen LogP contribution in [0.5, 0.6) is 0 Å².